The average molecular weight is 405 g/mol. The number of hydrogen-bond acceptors (Lipinski definition) is 5. The zero-order valence-electron chi connectivity index (χ0n) is 13.8. The van der Waals surface area contributed by atoms with Gasteiger partial charge in [-0.2, -0.15) is 0 Å². The van der Waals surface area contributed by atoms with Crippen LogP contribution in [-0.2, 0) is 9.47 Å². The van der Waals surface area contributed by atoms with Crippen molar-refractivity contribution in [2.75, 3.05) is 40.5 Å². The van der Waals surface area contributed by atoms with Crippen LogP contribution >= 0.6 is 15.9 Å². The Bertz CT molecular complexity index is 523. The summed E-state index contributed by atoms with van der Waals surface area (Å²) in [7, 11) is 3.17. The molecule has 0 saturated carbocycles. The van der Waals surface area contributed by atoms with E-state index in [1.807, 2.05) is 0 Å². The fourth-order valence-corrected chi connectivity index (χ4v) is 2.37. The Kier molecular flexibility index (Phi) is 9.28. The Hall–Kier alpha value is -1.71. The van der Waals surface area contributed by atoms with Gasteiger partial charge in [-0.15, -0.1) is 0 Å². The number of nitrogens with zero attached hydrogens (tertiary/aromatic N) is 1. The molecule has 0 saturated heterocycles. The number of pyridine rings is 1. The van der Waals surface area contributed by atoms with Crippen molar-refractivity contribution >= 4 is 27.7 Å². The Morgan fingerprint density at radius 1 is 1.12 bits per heavy atom. The van der Waals surface area contributed by atoms with Crippen molar-refractivity contribution in [3.63, 3.8) is 0 Å². The first-order chi connectivity index (χ1) is 11.5. The minimum Gasteiger partial charge on any atom is -0.385 e. The van der Waals surface area contributed by atoms with Gasteiger partial charge < -0.3 is 20.1 Å². The van der Waals surface area contributed by atoms with Gasteiger partial charge in [0.2, 0.25) is 6.20 Å². The number of aromatic nitrogens is 1. The number of amides is 2. The molecule has 1 rings (SSSR count). The lowest BCUT2D eigenvalue weighted by Gasteiger charge is -2.07. The van der Waals surface area contributed by atoms with Gasteiger partial charge in [-0.3, -0.25) is 14.8 Å². The highest BCUT2D eigenvalue weighted by Gasteiger charge is 2.25. The van der Waals surface area contributed by atoms with Gasteiger partial charge in [0.05, 0.1) is 10.0 Å². The monoisotopic (exact) mass is 404 g/mol. The quantitative estimate of drug-likeness (QED) is 0.299. The molecule has 24 heavy (non-hydrogen) atoms. The van der Waals surface area contributed by atoms with Crippen LogP contribution in [0.15, 0.2) is 16.7 Å². The van der Waals surface area contributed by atoms with E-state index in [1.54, 1.807) is 14.2 Å². The number of rotatable bonds is 10. The predicted octanol–water partition coefficient (Wildman–Crippen LogP) is 0.507. The van der Waals surface area contributed by atoms with Gasteiger partial charge in [0.1, 0.15) is 0 Å². The van der Waals surface area contributed by atoms with E-state index in [0.29, 0.717) is 48.3 Å². The van der Waals surface area contributed by atoms with Gasteiger partial charge >= 0.3 is 11.6 Å². The number of carbonyl (C=O) groups excluding carboxylic acids is 2. The smallest absolute Gasteiger partial charge is 0.322 e. The third kappa shape index (κ3) is 6.42. The molecule has 2 amide bonds. The number of ether oxygens (including phenoxy) is 2. The van der Waals surface area contributed by atoms with Crippen molar-refractivity contribution in [1.82, 2.24) is 10.6 Å². The summed E-state index contributed by atoms with van der Waals surface area (Å²) in [6.45, 7) is 1.92. The third-order valence-corrected chi connectivity index (χ3v) is 3.75. The van der Waals surface area contributed by atoms with E-state index in [0.717, 1.165) is 0 Å². The number of hydrogen-bond donors (Lipinski definition) is 3. The Balaban J connectivity index is 2.76. The Morgan fingerprint density at radius 2 is 1.67 bits per heavy atom. The Morgan fingerprint density at radius 3 is 2.21 bits per heavy atom. The largest absolute Gasteiger partial charge is 0.385 e. The molecule has 3 N–H and O–H groups in total. The SMILES string of the molecule is COCCCNC(=O)c1cc(C(=O)NCCCOC)[n+](O)cc1Br. The molecule has 1 heterocycles. The van der Waals surface area contributed by atoms with Gasteiger partial charge in [-0.25, -0.2) is 0 Å². The number of carbonyl (C=O) groups is 2. The average Bonchev–Trinajstić information content (AvgIpc) is 2.55. The third-order valence-electron chi connectivity index (χ3n) is 3.12. The van der Waals surface area contributed by atoms with Gasteiger partial charge in [-0.1, -0.05) is 0 Å². The Labute approximate surface area is 149 Å². The van der Waals surface area contributed by atoms with E-state index in [2.05, 4.69) is 26.6 Å². The van der Waals surface area contributed by atoms with E-state index in [-0.39, 0.29) is 17.2 Å². The number of halogens is 1. The second kappa shape index (κ2) is 11.0. The highest BCUT2D eigenvalue weighted by molar-refractivity contribution is 9.10. The molecule has 0 aliphatic rings. The van der Waals surface area contributed by atoms with Crippen molar-refractivity contribution in [1.29, 1.82) is 0 Å². The van der Waals surface area contributed by atoms with E-state index in [1.165, 1.54) is 12.3 Å². The first-order valence-electron chi connectivity index (χ1n) is 7.50. The fourth-order valence-electron chi connectivity index (χ4n) is 1.88. The summed E-state index contributed by atoms with van der Waals surface area (Å²) in [5.74, 6) is -0.818. The van der Waals surface area contributed by atoms with Crippen LogP contribution in [0.5, 0.6) is 0 Å². The van der Waals surface area contributed by atoms with Crippen LogP contribution in [0.4, 0.5) is 0 Å². The van der Waals surface area contributed by atoms with Crippen LogP contribution in [0.3, 0.4) is 0 Å². The molecule has 134 valence electrons. The molecule has 0 aliphatic heterocycles. The lowest BCUT2D eigenvalue weighted by Crippen LogP contribution is -2.43. The summed E-state index contributed by atoms with van der Waals surface area (Å²) in [5, 5.41) is 15.3. The van der Waals surface area contributed by atoms with Crippen molar-refractivity contribution < 1.29 is 29.0 Å². The van der Waals surface area contributed by atoms with Crippen LogP contribution in [0.25, 0.3) is 0 Å². The fraction of sp³-hybridized carbons (Fsp3) is 0.533. The van der Waals surface area contributed by atoms with Crippen LogP contribution in [0.1, 0.15) is 33.7 Å². The molecule has 0 fully saturated rings. The molecule has 0 aromatic carbocycles. The van der Waals surface area contributed by atoms with Crippen LogP contribution in [0.2, 0.25) is 0 Å². The highest BCUT2D eigenvalue weighted by atomic mass is 79.9. The van der Waals surface area contributed by atoms with Gasteiger partial charge in [0.25, 0.3) is 5.91 Å². The maximum Gasteiger partial charge on any atom is 0.322 e. The minimum absolute atomic E-state index is 0.0299. The number of nitrogens with one attached hydrogen (secondary N) is 2. The van der Waals surface area contributed by atoms with Gasteiger partial charge in [0.15, 0.2) is 0 Å². The molecule has 0 aliphatic carbocycles. The molecule has 1 aromatic heterocycles. The van der Waals surface area contributed by atoms with Crippen LogP contribution < -0.4 is 15.4 Å². The highest BCUT2D eigenvalue weighted by Crippen LogP contribution is 2.15. The topological polar surface area (TPSA) is 101 Å². The summed E-state index contributed by atoms with van der Waals surface area (Å²) in [6.07, 6.45) is 2.59. The van der Waals surface area contributed by atoms with Gasteiger partial charge in [-0.05, 0) is 28.8 Å². The zero-order chi connectivity index (χ0) is 17.9. The van der Waals surface area contributed by atoms with Crippen molar-refractivity contribution in [3.05, 3.63) is 28.0 Å². The van der Waals surface area contributed by atoms with E-state index < -0.39 is 5.91 Å². The standard InChI is InChI=1S/C15H22BrN3O5/c1-23-7-3-5-17-14(20)11-9-13(19(22)10-12(11)16)15(21)18-6-4-8-24-2/h9-10H,3-8H2,1-2H3,(H2-,17,18,20,21,22)/p+1. The second-order valence-corrected chi connectivity index (χ2v) is 5.82. The van der Waals surface area contributed by atoms with Crippen molar-refractivity contribution in [2.45, 2.75) is 12.8 Å². The first-order valence-corrected chi connectivity index (χ1v) is 8.29. The maximum atomic E-state index is 12.2. The number of methoxy groups -OCH3 is 2. The van der Waals surface area contributed by atoms with Crippen LogP contribution in [-0.4, -0.2) is 57.5 Å². The zero-order valence-corrected chi connectivity index (χ0v) is 15.4. The molecule has 0 atom stereocenters. The lowest BCUT2D eigenvalue weighted by atomic mass is 10.2. The molecular weight excluding hydrogens is 382 g/mol. The summed E-state index contributed by atoms with van der Waals surface area (Å²) < 4.78 is 10.9. The van der Waals surface area contributed by atoms with Crippen LogP contribution in [0, 0.1) is 0 Å². The molecule has 8 nitrogen and oxygen atoms in total. The summed E-state index contributed by atoms with van der Waals surface area (Å²) in [5.41, 5.74) is 0.234. The van der Waals surface area contributed by atoms with Crippen molar-refractivity contribution in [2.24, 2.45) is 0 Å². The summed E-state index contributed by atoms with van der Waals surface area (Å²) >= 11 is 3.21. The normalized spacial score (nSPS) is 10.5. The summed E-state index contributed by atoms with van der Waals surface area (Å²) in [6, 6.07) is 1.33. The molecule has 0 radical (unpaired) electrons. The molecule has 0 spiro atoms. The minimum atomic E-state index is -0.477. The maximum absolute atomic E-state index is 12.2. The molecule has 9 heteroatoms. The molecule has 0 bridgehead atoms. The molecule has 1 aromatic rings. The van der Waals surface area contributed by atoms with Crippen molar-refractivity contribution in [3.8, 4) is 0 Å². The molecular formula is C15H23BrN3O5+. The second-order valence-electron chi connectivity index (χ2n) is 4.97. The van der Waals surface area contributed by atoms with Gasteiger partial charge in [0, 0.05) is 51.3 Å². The van der Waals surface area contributed by atoms with E-state index in [9.17, 15) is 14.8 Å². The van der Waals surface area contributed by atoms with E-state index in [4.69, 9.17) is 9.47 Å². The predicted molar refractivity (Wildman–Crippen MR) is 89.2 cm³/mol. The first kappa shape index (κ1) is 20.3. The summed E-state index contributed by atoms with van der Waals surface area (Å²) in [4.78, 5) is 24.3. The lowest BCUT2D eigenvalue weighted by molar-refractivity contribution is -0.906. The molecule has 0 unspecified atom stereocenters. The van der Waals surface area contributed by atoms with E-state index >= 15 is 0 Å².